The Morgan fingerprint density at radius 3 is 1.70 bits per heavy atom. The van der Waals surface area contributed by atoms with Crippen molar-refractivity contribution in [2.24, 2.45) is 0 Å². The fourth-order valence-electron chi connectivity index (χ4n) is 5.50. The topological polar surface area (TPSA) is 204 Å². The highest BCUT2D eigenvalue weighted by molar-refractivity contribution is 5.78. The van der Waals surface area contributed by atoms with Gasteiger partial charge in [-0.3, -0.25) is 0 Å². The number of aromatic hydroxyl groups is 2. The first-order valence-electron chi connectivity index (χ1n) is 15.3. The number of anilines is 2. The summed E-state index contributed by atoms with van der Waals surface area (Å²) in [5.41, 5.74) is 0.387. The third-order valence-corrected chi connectivity index (χ3v) is 7.69. The van der Waals surface area contributed by atoms with E-state index in [1.54, 1.807) is 20.8 Å². The van der Waals surface area contributed by atoms with Crippen LogP contribution >= 0.6 is 0 Å². The van der Waals surface area contributed by atoms with Crippen LogP contribution in [0.25, 0.3) is 0 Å². The molecule has 12 heteroatoms. The number of nitriles is 4. The number of phenolic OH excluding ortho intramolecular Hbond substituents is 2. The maximum absolute atomic E-state index is 12.1. The normalized spacial score (nSPS) is 15.0. The molecule has 46 heavy (non-hydrogen) atoms. The van der Waals surface area contributed by atoms with E-state index in [0.717, 1.165) is 51.4 Å². The van der Waals surface area contributed by atoms with Gasteiger partial charge >= 0.3 is 6.16 Å². The highest BCUT2D eigenvalue weighted by atomic mass is 16.7. The quantitative estimate of drug-likeness (QED) is 0.110. The molecule has 0 aromatic heterocycles. The zero-order valence-corrected chi connectivity index (χ0v) is 26.7. The lowest BCUT2D eigenvalue weighted by Gasteiger charge is -2.26. The van der Waals surface area contributed by atoms with Gasteiger partial charge in [0.1, 0.15) is 41.0 Å². The van der Waals surface area contributed by atoms with Crippen LogP contribution in [0.15, 0.2) is 12.1 Å². The van der Waals surface area contributed by atoms with E-state index in [1.807, 2.05) is 18.2 Å². The number of carbonyl (C=O) groups is 1. The Kier molecular flexibility index (Phi) is 12.3. The Balaban J connectivity index is 0.000000266. The van der Waals surface area contributed by atoms with Crippen LogP contribution in [0.2, 0.25) is 0 Å². The van der Waals surface area contributed by atoms with Crippen LogP contribution in [0.3, 0.4) is 0 Å². The summed E-state index contributed by atoms with van der Waals surface area (Å²) in [6.07, 6.45) is 9.77. The van der Waals surface area contributed by atoms with Gasteiger partial charge in [0, 0.05) is 24.2 Å². The minimum Gasteiger partial charge on any atom is -0.504 e. The van der Waals surface area contributed by atoms with Gasteiger partial charge in [-0.2, -0.15) is 21.0 Å². The molecule has 2 aromatic carbocycles. The number of ether oxygens (including phenoxy) is 3. The van der Waals surface area contributed by atoms with Gasteiger partial charge in [-0.05, 0) is 46.5 Å². The molecule has 4 rings (SSSR count). The van der Waals surface area contributed by atoms with E-state index in [-0.39, 0.29) is 45.8 Å². The second kappa shape index (κ2) is 16.1. The fourth-order valence-corrected chi connectivity index (χ4v) is 5.50. The molecule has 2 saturated carbocycles. The van der Waals surface area contributed by atoms with Gasteiger partial charge in [-0.25, -0.2) is 4.79 Å². The van der Waals surface area contributed by atoms with Crippen molar-refractivity contribution < 1.29 is 29.2 Å². The molecule has 0 saturated heterocycles. The number of rotatable bonds is 6. The Labute approximate surface area is 269 Å². The van der Waals surface area contributed by atoms with Crippen LogP contribution in [0.1, 0.15) is 107 Å². The first-order valence-corrected chi connectivity index (χ1v) is 15.3. The van der Waals surface area contributed by atoms with E-state index in [9.17, 15) is 25.5 Å². The molecular weight excluding hydrogens is 588 g/mol. The molecule has 2 aliphatic rings. The van der Waals surface area contributed by atoms with Crippen LogP contribution in [-0.4, -0.2) is 41.2 Å². The van der Waals surface area contributed by atoms with Crippen molar-refractivity contribution in [2.75, 3.05) is 17.7 Å². The molecule has 0 amide bonds. The third kappa shape index (κ3) is 9.10. The lowest BCUT2D eigenvalue weighted by molar-refractivity contribution is 0.0200. The van der Waals surface area contributed by atoms with Crippen molar-refractivity contribution >= 4 is 17.5 Å². The molecule has 4 N–H and O–H groups in total. The van der Waals surface area contributed by atoms with Crippen molar-refractivity contribution in [2.45, 2.75) is 103 Å². The van der Waals surface area contributed by atoms with E-state index in [1.165, 1.54) is 32.1 Å². The number of phenols is 2. The van der Waals surface area contributed by atoms with Crippen LogP contribution < -0.4 is 20.1 Å². The highest BCUT2D eigenvalue weighted by Gasteiger charge is 2.27. The molecule has 2 aromatic rings. The van der Waals surface area contributed by atoms with E-state index in [4.69, 9.17) is 24.7 Å². The molecule has 0 aliphatic heterocycles. The Bertz CT molecular complexity index is 1580. The van der Waals surface area contributed by atoms with Gasteiger partial charge < -0.3 is 35.1 Å². The summed E-state index contributed by atoms with van der Waals surface area (Å²) in [4.78, 5) is 12.1. The maximum Gasteiger partial charge on any atom is 0.514 e. The van der Waals surface area contributed by atoms with Gasteiger partial charge in [0.25, 0.3) is 0 Å². The van der Waals surface area contributed by atoms with Crippen molar-refractivity contribution in [3.63, 3.8) is 0 Å². The number of benzene rings is 2. The first-order chi connectivity index (χ1) is 22.0. The van der Waals surface area contributed by atoms with E-state index < -0.39 is 23.3 Å². The van der Waals surface area contributed by atoms with Crippen molar-refractivity contribution in [3.05, 3.63) is 34.4 Å². The smallest absolute Gasteiger partial charge is 0.504 e. The summed E-state index contributed by atoms with van der Waals surface area (Å²) < 4.78 is 15.7. The largest absolute Gasteiger partial charge is 0.514 e. The number of hydrogen-bond acceptors (Lipinski definition) is 12. The van der Waals surface area contributed by atoms with Crippen molar-refractivity contribution in [3.8, 4) is 47.3 Å². The predicted octanol–water partition coefficient (Wildman–Crippen LogP) is 7.08. The molecule has 12 nitrogen and oxygen atoms in total. The number of methoxy groups -OCH3 is 1. The van der Waals surface area contributed by atoms with Gasteiger partial charge in [0.05, 0.1) is 29.6 Å². The molecular formula is C34H40N6O6. The monoisotopic (exact) mass is 628 g/mol. The molecule has 242 valence electrons. The number of nitrogens with one attached hydrogen (secondary N) is 2. The minimum absolute atomic E-state index is 0.0495. The average molecular weight is 629 g/mol. The average Bonchev–Trinajstić information content (AvgIpc) is 3.03. The Morgan fingerprint density at radius 2 is 1.26 bits per heavy atom. The van der Waals surface area contributed by atoms with E-state index in [0.29, 0.717) is 11.4 Å². The summed E-state index contributed by atoms with van der Waals surface area (Å²) in [5.74, 6) is -0.836. The number of hydrogen-bond donors (Lipinski definition) is 4. The molecule has 2 aliphatic carbocycles. The van der Waals surface area contributed by atoms with E-state index >= 15 is 0 Å². The van der Waals surface area contributed by atoms with Gasteiger partial charge in [0.15, 0.2) is 23.0 Å². The summed E-state index contributed by atoms with van der Waals surface area (Å²) in [5, 5.41) is 63.1. The third-order valence-electron chi connectivity index (χ3n) is 7.69. The first kappa shape index (κ1) is 35.2. The predicted molar refractivity (Wildman–Crippen MR) is 169 cm³/mol. The van der Waals surface area contributed by atoms with Gasteiger partial charge in [-0.15, -0.1) is 0 Å². The maximum atomic E-state index is 12.1. The SMILES string of the molecule is COc1cc(C#N)c(NC2CCCCC2)c(C#N)c1OC(=O)OC(C)(C)C.N#Cc1cc(O)c(O)c(C#N)c1NC1CCCCC1. The van der Waals surface area contributed by atoms with Crippen LogP contribution in [0, 0.1) is 45.3 Å². The lowest BCUT2D eigenvalue weighted by Crippen LogP contribution is -2.27. The molecule has 0 radical (unpaired) electrons. The van der Waals surface area contributed by atoms with Crippen molar-refractivity contribution in [1.29, 1.82) is 21.0 Å². The Hall–Kier alpha value is -5.33. The molecule has 2 fully saturated rings. The van der Waals surface area contributed by atoms with Crippen LogP contribution in [0.4, 0.5) is 16.2 Å². The standard InChI is InChI=1S/C20H25N3O4.C14H15N3O2/c1-20(2,3)27-19(24)26-18-15(12-22)17(13(11-21)10-16(18)25-4)23-14-8-6-5-7-9-14;15-7-9-6-12(18)14(19)11(8-16)13(9)17-10-4-2-1-3-5-10/h10,14,23H,5-9H2,1-4H3;6,10,17-19H,1-5H2. The molecule has 0 unspecified atom stereocenters. The minimum atomic E-state index is -0.939. The number of nitrogens with zero attached hydrogens (tertiary/aromatic N) is 4. The van der Waals surface area contributed by atoms with Gasteiger partial charge in [-0.1, -0.05) is 38.5 Å². The fraction of sp³-hybridized carbons (Fsp3) is 0.500. The number of carbonyl (C=O) groups excluding carboxylic acids is 1. The summed E-state index contributed by atoms with van der Waals surface area (Å²) in [6.45, 7) is 5.14. The summed E-state index contributed by atoms with van der Waals surface area (Å²) in [7, 11) is 1.38. The van der Waals surface area contributed by atoms with Crippen molar-refractivity contribution in [1.82, 2.24) is 0 Å². The van der Waals surface area contributed by atoms with Crippen LogP contribution in [0.5, 0.6) is 23.0 Å². The molecule has 0 atom stereocenters. The zero-order chi connectivity index (χ0) is 33.9. The highest BCUT2D eigenvalue weighted by Crippen LogP contribution is 2.40. The Morgan fingerprint density at radius 1 is 0.783 bits per heavy atom. The second-order valence-corrected chi connectivity index (χ2v) is 12.2. The zero-order valence-electron chi connectivity index (χ0n) is 26.7. The van der Waals surface area contributed by atoms with Gasteiger partial charge in [0.2, 0.25) is 0 Å². The van der Waals surface area contributed by atoms with Crippen LogP contribution in [-0.2, 0) is 4.74 Å². The summed E-state index contributed by atoms with van der Waals surface area (Å²) >= 11 is 0. The summed E-state index contributed by atoms with van der Waals surface area (Å²) in [6, 6.07) is 10.9. The van der Waals surface area contributed by atoms with E-state index in [2.05, 4.69) is 16.7 Å². The molecule has 0 heterocycles. The molecule has 0 spiro atoms. The molecule has 0 bridgehead atoms. The lowest BCUT2D eigenvalue weighted by atomic mass is 9.94. The second-order valence-electron chi connectivity index (χ2n) is 12.2.